The molecule has 5 heteroatoms. The molecule has 2 aromatic rings. The van der Waals surface area contributed by atoms with Gasteiger partial charge in [0.1, 0.15) is 0 Å². The van der Waals surface area contributed by atoms with Gasteiger partial charge in [0, 0.05) is 35.5 Å². The summed E-state index contributed by atoms with van der Waals surface area (Å²) in [6, 6.07) is 16.4. The van der Waals surface area contributed by atoms with Crippen molar-refractivity contribution < 1.29 is 14.4 Å². The number of anilines is 1. The maximum Gasteiger partial charge on any atom is 0.250 e. The minimum Gasteiger partial charge on any atom is -0.332 e. The second kappa shape index (κ2) is 9.65. The highest BCUT2D eigenvalue weighted by molar-refractivity contribution is 6.06. The van der Waals surface area contributed by atoms with Crippen LogP contribution in [-0.2, 0) is 16.1 Å². The van der Waals surface area contributed by atoms with Crippen LogP contribution in [0.1, 0.15) is 43.6 Å². The number of benzene rings is 2. The molecule has 5 nitrogen and oxygen atoms in total. The van der Waals surface area contributed by atoms with Gasteiger partial charge in [-0.05, 0) is 57.5 Å². The summed E-state index contributed by atoms with van der Waals surface area (Å²) in [5, 5.41) is 2.71. The van der Waals surface area contributed by atoms with Gasteiger partial charge in [0.05, 0.1) is 0 Å². The van der Waals surface area contributed by atoms with Gasteiger partial charge in [-0.2, -0.15) is 0 Å². The Balaban J connectivity index is 2.07. The molecule has 0 fully saturated rings. The molecule has 0 atom stereocenters. The number of carbonyl (C=O) groups excluding carboxylic acids is 3. The zero-order valence-corrected chi connectivity index (χ0v) is 16.7. The molecule has 0 heterocycles. The molecule has 0 spiro atoms. The summed E-state index contributed by atoms with van der Waals surface area (Å²) in [7, 11) is 0. The normalized spacial score (nSPS) is 11.2. The molecule has 146 valence electrons. The van der Waals surface area contributed by atoms with Crippen molar-refractivity contribution in [3.63, 3.8) is 0 Å². The van der Waals surface area contributed by atoms with Crippen molar-refractivity contribution in [2.24, 2.45) is 0 Å². The monoisotopic (exact) mass is 378 g/mol. The summed E-state index contributed by atoms with van der Waals surface area (Å²) in [5.74, 6) is -0.600. The SMILES string of the molecule is CC(=O)c1ccc(NC(=O)/C=C(/C)C(=O)N(Cc2ccccc2)C(C)C)cc1. The van der Waals surface area contributed by atoms with E-state index in [-0.39, 0.29) is 23.6 Å². The van der Waals surface area contributed by atoms with E-state index >= 15 is 0 Å². The molecular weight excluding hydrogens is 352 g/mol. The summed E-state index contributed by atoms with van der Waals surface area (Å²) in [5.41, 5.74) is 2.54. The fourth-order valence-electron chi connectivity index (χ4n) is 2.72. The number of rotatable bonds is 7. The van der Waals surface area contributed by atoms with E-state index in [1.807, 2.05) is 44.2 Å². The van der Waals surface area contributed by atoms with E-state index in [0.717, 1.165) is 5.56 Å². The highest BCUT2D eigenvalue weighted by atomic mass is 16.2. The van der Waals surface area contributed by atoms with Crippen molar-refractivity contribution in [2.45, 2.75) is 40.3 Å². The van der Waals surface area contributed by atoms with Crippen molar-refractivity contribution in [2.75, 3.05) is 5.32 Å². The number of hydrogen-bond acceptors (Lipinski definition) is 3. The lowest BCUT2D eigenvalue weighted by atomic mass is 10.1. The largest absolute Gasteiger partial charge is 0.332 e. The fourth-order valence-corrected chi connectivity index (χ4v) is 2.72. The van der Waals surface area contributed by atoms with Crippen molar-refractivity contribution in [3.05, 3.63) is 77.4 Å². The molecule has 0 aliphatic heterocycles. The summed E-state index contributed by atoms with van der Waals surface area (Å²) >= 11 is 0. The minimum atomic E-state index is -0.384. The van der Waals surface area contributed by atoms with E-state index in [1.54, 1.807) is 36.1 Å². The Morgan fingerprint density at radius 3 is 2.11 bits per heavy atom. The van der Waals surface area contributed by atoms with Gasteiger partial charge in [-0.15, -0.1) is 0 Å². The summed E-state index contributed by atoms with van der Waals surface area (Å²) in [6.07, 6.45) is 1.31. The maximum absolute atomic E-state index is 12.8. The van der Waals surface area contributed by atoms with E-state index in [4.69, 9.17) is 0 Å². The van der Waals surface area contributed by atoms with Gasteiger partial charge in [0.25, 0.3) is 0 Å². The summed E-state index contributed by atoms with van der Waals surface area (Å²) in [4.78, 5) is 38.2. The molecule has 1 N–H and O–H groups in total. The van der Waals surface area contributed by atoms with Gasteiger partial charge in [0.15, 0.2) is 5.78 Å². The molecule has 0 saturated heterocycles. The van der Waals surface area contributed by atoms with Crippen LogP contribution in [0, 0.1) is 0 Å². The van der Waals surface area contributed by atoms with Crippen LogP contribution in [0.15, 0.2) is 66.2 Å². The third-order valence-corrected chi connectivity index (χ3v) is 4.32. The Hall–Kier alpha value is -3.21. The van der Waals surface area contributed by atoms with Gasteiger partial charge in [-0.1, -0.05) is 30.3 Å². The predicted molar refractivity (Wildman–Crippen MR) is 111 cm³/mol. The first-order valence-corrected chi connectivity index (χ1v) is 9.23. The maximum atomic E-state index is 12.8. The molecule has 0 aliphatic carbocycles. The Bertz CT molecular complexity index is 868. The van der Waals surface area contributed by atoms with Crippen LogP contribution in [0.2, 0.25) is 0 Å². The highest BCUT2D eigenvalue weighted by Gasteiger charge is 2.19. The molecule has 0 unspecified atom stereocenters. The second-order valence-corrected chi connectivity index (χ2v) is 6.96. The van der Waals surface area contributed by atoms with Crippen molar-refractivity contribution in [3.8, 4) is 0 Å². The average Bonchev–Trinajstić information content (AvgIpc) is 2.66. The lowest BCUT2D eigenvalue weighted by Crippen LogP contribution is -2.37. The summed E-state index contributed by atoms with van der Waals surface area (Å²) in [6.45, 7) is 7.51. The van der Waals surface area contributed by atoms with Crippen LogP contribution in [0.5, 0.6) is 0 Å². The molecule has 0 bridgehead atoms. The number of amides is 2. The van der Waals surface area contributed by atoms with Crippen LogP contribution in [0.3, 0.4) is 0 Å². The molecule has 2 rings (SSSR count). The van der Waals surface area contributed by atoms with E-state index < -0.39 is 0 Å². The number of ketones is 1. The minimum absolute atomic E-state index is 0.00163. The Morgan fingerprint density at radius 2 is 1.57 bits per heavy atom. The topological polar surface area (TPSA) is 66.5 Å². The first-order chi connectivity index (χ1) is 13.3. The molecule has 0 saturated carbocycles. The van der Waals surface area contributed by atoms with E-state index in [9.17, 15) is 14.4 Å². The zero-order valence-electron chi connectivity index (χ0n) is 16.7. The van der Waals surface area contributed by atoms with Crippen LogP contribution < -0.4 is 5.32 Å². The fraction of sp³-hybridized carbons (Fsp3) is 0.261. The first kappa shape index (κ1) is 21.1. The van der Waals surface area contributed by atoms with Gasteiger partial charge < -0.3 is 10.2 Å². The van der Waals surface area contributed by atoms with E-state index in [2.05, 4.69) is 5.32 Å². The standard InChI is InChI=1S/C23H26N2O3/c1-16(2)25(15-19-8-6-5-7-9-19)23(28)17(3)14-22(27)24-21-12-10-20(11-13-21)18(4)26/h5-14,16H,15H2,1-4H3,(H,24,27)/b17-14-. The quantitative estimate of drug-likeness (QED) is 0.580. The predicted octanol–water partition coefficient (Wildman–Crippen LogP) is 4.21. The van der Waals surface area contributed by atoms with E-state index in [0.29, 0.717) is 23.4 Å². The van der Waals surface area contributed by atoms with Crippen LogP contribution in [0.25, 0.3) is 0 Å². The molecule has 0 aromatic heterocycles. The lowest BCUT2D eigenvalue weighted by molar-refractivity contribution is -0.129. The van der Waals surface area contributed by atoms with Crippen molar-refractivity contribution >= 4 is 23.3 Å². The van der Waals surface area contributed by atoms with Crippen LogP contribution in [0.4, 0.5) is 5.69 Å². The average molecular weight is 378 g/mol. The molecule has 2 amide bonds. The molecule has 28 heavy (non-hydrogen) atoms. The van der Waals surface area contributed by atoms with Crippen molar-refractivity contribution in [1.82, 2.24) is 4.90 Å². The van der Waals surface area contributed by atoms with Crippen LogP contribution in [-0.4, -0.2) is 28.5 Å². The number of hydrogen-bond donors (Lipinski definition) is 1. The number of carbonyl (C=O) groups is 3. The van der Waals surface area contributed by atoms with Crippen molar-refractivity contribution in [1.29, 1.82) is 0 Å². The number of nitrogens with one attached hydrogen (secondary N) is 1. The van der Waals surface area contributed by atoms with Gasteiger partial charge >= 0.3 is 0 Å². The number of Topliss-reactive ketones (excluding diaryl/α,β-unsaturated/α-hetero) is 1. The summed E-state index contributed by atoms with van der Waals surface area (Å²) < 4.78 is 0. The van der Waals surface area contributed by atoms with Crippen LogP contribution >= 0.6 is 0 Å². The van der Waals surface area contributed by atoms with Gasteiger partial charge in [0.2, 0.25) is 11.8 Å². The second-order valence-electron chi connectivity index (χ2n) is 6.96. The smallest absolute Gasteiger partial charge is 0.250 e. The lowest BCUT2D eigenvalue weighted by Gasteiger charge is -2.27. The Morgan fingerprint density at radius 1 is 0.964 bits per heavy atom. The van der Waals surface area contributed by atoms with E-state index in [1.165, 1.54) is 13.0 Å². The third-order valence-electron chi connectivity index (χ3n) is 4.32. The third kappa shape index (κ3) is 5.91. The first-order valence-electron chi connectivity index (χ1n) is 9.23. The highest BCUT2D eigenvalue weighted by Crippen LogP contribution is 2.14. The Kier molecular flexibility index (Phi) is 7.27. The molecule has 2 aromatic carbocycles. The Labute approximate surface area is 166 Å². The molecule has 0 radical (unpaired) electrons. The zero-order chi connectivity index (χ0) is 20.7. The number of nitrogens with zero attached hydrogens (tertiary/aromatic N) is 1. The molecule has 0 aliphatic rings. The van der Waals surface area contributed by atoms with Gasteiger partial charge in [-0.25, -0.2) is 0 Å². The van der Waals surface area contributed by atoms with Gasteiger partial charge in [-0.3, -0.25) is 14.4 Å². The molecular formula is C23H26N2O3.